The van der Waals surface area contributed by atoms with Crippen LogP contribution >= 0.6 is 0 Å². The minimum absolute atomic E-state index is 0.0862. The van der Waals surface area contributed by atoms with Crippen LogP contribution in [0.25, 0.3) is 22.4 Å². The van der Waals surface area contributed by atoms with Crippen molar-refractivity contribution in [3.05, 3.63) is 83.7 Å². The minimum Gasteiger partial charge on any atom is -0.491 e. The smallest absolute Gasteiger partial charge is 0.126 e. The van der Waals surface area contributed by atoms with Crippen molar-refractivity contribution in [2.24, 2.45) is 0 Å². The summed E-state index contributed by atoms with van der Waals surface area (Å²) in [5.41, 5.74) is 6.68. The average Bonchev–Trinajstić information content (AvgIpc) is 3.41. The lowest BCUT2D eigenvalue weighted by Gasteiger charge is -2.23. The molecule has 0 amide bonds. The van der Waals surface area contributed by atoms with Crippen molar-refractivity contribution < 1.29 is 9.47 Å². The molecule has 1 aliphatic heterocycles. The number of aromatic nitrogens is 3. The van der Waals surface area contributed by atoms with Crippen molar-refractivity contribution in [2.45, 2.75) is 19.6 Å². The molecule has 8 nitrogen and oxygen atoms in total. The summed E-state index contributed by atoms with van der Waals surface area (Å²) in [7, 11) is 0. The van der Waals surface area contributed by atoms with Gasteiger partial charge in [-0.05, 0) is 78.2 Å². The van der Waals surface area contributed by atoms with Gasteiger partial charge in [0.15, 0.2) is 0 Å². The fourth-order valence-corrected chi connectivity index (χ4v) is 4.18. The highest BCUT2D eigenvalue weighted by Crippen LogP contribution is 2.26. The number of morpholine rings is 1. The van der Waals surface area contributed by atoms with Gasteiger partial charge in [-0.1, -0.05) is 6.07 Å². The molecular formula is C28H28N6O2. The summed E-state index contributed by atoms with van der Waals surface area (Å²) in [6.07, 6.45) is 1.87. The van der Waals surface area contributed by atoms with Gasteiger partial charge in [-0.25, -0.2) is 4.98 Å². The molecule has 0 radical (unpaired) electrons. The van der Waals surface area contributed by atoms with Crippen LogP contribution in [0.5, 0.6) is 5.75 Å². The second kappa shape index (κ2) is 11.0. The summed E-state index contributed by atoms with van der Waals surface area (Å²) in [6.45, 7) is 5.54. The Morgan fingerprint density at radius 3 is 2.78 bits per heavy atom. The summed E-state index contributed by atoms with van der Waals surface area (Å²) < 4.78 is 11.5. The Balaban J connectivity index is 1.18. The molecule has 5 rings (SSSR count). The quantitative estimate of drug-likeness (QED) is 0.345. The average molecular weight is 481 g/mol. The fourth-order valence-electron chi connectivity index (χ4n) is 4.18. The molecule has 2 aromatic carbocycles. The van der Waals surface area contributed by atoms with Gasteiger partial charge in [-0.3, -0.25) is 5.10 Å². The highest BCUT2D eigenvalue weighted by molar-refractivity contribution is 5.70. The van der Waals surface area contributed by atoms with E-state index in [1.54, 1.807) is 6.20 Å². The van der Waals surface area contributed by atoms with Crippen LogP contribution in [-0.2, 0) is 11.3 Å². The Kier molecular flexibility index (Phi) is 7.22. The van der Waals surface area contributed by atoms with Crippen LogP contribution in [0, 0.1) is 18.3 Å². The lowest BCUT2D eigenvalue weighted by Crippen LogP contribution is -2.41. The monoisotopic (exact) mass is 480 g/mol. The standard InChI is InChI=1S/C28H28N6O2/c1-19-12-20(15-29)2-7-26(19)22-8-9-31-28(13-22)32-16-23-14-27(34-33-23)21-3-5-24(6-4-21)36-18-25-17-30-10-11-35-25/h2-9,12-14,25,30H,10-11,16-18H2,1H3,(H,31,32)(H,33,34)/t25-/m1/s1. The van der Waals surface area contributed by atoms with E-state index < -0.39 is 0 Å². The number of aromatic amines is 1. The number of nitrogens with zero attached hydrogens (tertiary/aromatic N) is 3. The third kappa shape index (κ3) is 5.71. The van der Waals surface area contributed by atoms with Crippen molar-refractivity contribution in [1.29, 1.82) is 5.26 Å². The first-order valence-corrected chi connectivity index (χ1v) is 12.0. The number of aryl methyl sites for hydroxylation is 1. The number of hydrogen-bond donors (Lipinski definition) is 3. The molecule has 36 heavy (non-hydrogen) atoms. The second-order valence-electron chi connectivity index (χ2n) is 8.74. The summed E-state index contributed by atoms with van der Waals surface area (Å²) >= 11 is 0. The molecule has 182 valence electrons. The lowest BCUT2D eigenvalue weighted by molar-refractivity contribution is 0.000198. The SMILES string of the molecule is Cc1cc(C#N)ccc1-c1ccnc(NCc2cc(-c3ccc(OC[C@H]4CNCCO4)cc3)n[nH]2)c1. The van der Waals surface area contributed by atoms with Gasteiger partial charge in [0.25, 0.3) is 0 Å². The number of hydrogen-bond acceptors (Lipinski definition) is 7. The number of pyridine rings is 1. The van der Waals surface area contributed by atoms with Crippen molar-refractivity contribution in [3.63, 3.8) is 0 Å². The Morgan fingerprint density at radius 2 is 2.00 bits per heavy atom. The number of nitrogens with one attached hydrogen (secondary N) is 3. The van der Waals surface area contributed by atoms with E-state index in [2.05, 4.69) is 31.9 Å². The van der Waals surface area contributed by atoms with Crippen LogP contribution in [0.1, 0.15) is 16.8 Å². The Morgan fingerprint density at radius 1 is 1.11 bits per heavy atom. The van der Waals surface area contributed by atoms with Crippen molar-refractivity contribution in [2.75, 3.05) is 31.6 Å². The first-order chi connectivity index (χ1) is 17.7. The van der Waals surface area contributed by atoms with Gasteiger partial charge < -0.3 is 20.1 Å². The molecule has 0 unspecified atom stereocenters. The summed E-state index contributed by atoms with van der Waals surface area (Å²) in [6, 6.07) is 21.8. The van der Waals surface area contributed by atoms with E-state index in [-0.39, 0.29) is 6.10 Å². The van der Waals surface area contributed by atoms with E-state index >= 15 is 0 Å². The summed E-state index contributed by atoms with van der Waals surface area (Å²) in [4.78, 5) is 4.44. The van der Waals surface area contributed by atoms with E-state index in [4.69, 9.17) is 14.7 Å². The Bertz CT molecular complexity index is 1350. The normalized spacial score (nSPS) is 15.3. The molecule has 1 aliphatic rings. The van der Waals surface area contributed by atoms with Crippen LogP contribution in [0.4, 0.5) is 5.82 Å². The molecule has 1 saturated heterocycles. The third-order valence-corrected chi connectivity index (χ3v) is 6.11. The van der Waals surface area contributed by atoms with Gasteiger partial charge in [0.2, 0.25) is 0 Å². The van der Waals surface area contributed by atoms with Crippen LogP contribution in [0.2, 0.25) is 0 Å². The molecule has 2 aromatic heterocycles. The van der Waals surface area contributed by atoms with E-state index in [0.29, 0.717) is 18.7 Å². The molecular weight excluding hydrogens is 452 g/mol. The van der Waals surface area contributed by atoms with Gasteiger partial charge >= 0.3 is 0 Å². The number of nitriles is 1. The van der Waals surface area contributed by atoms with E-state index in [1.807, 2.05) is 67.6 Å². The van der Waals surface area contributed by atoms with Crippen LogP contribution < -0.4 is 15.4 Å². The van der Waals surface area contributed by atoms with Crippen LogP contribution in [0.3, 0.4) is 0 Å². The third-order valence-electron chi connectivity index (χ3n) is 6.11. The maximum absolute atomic E-state index is 9.11. The van der Waals surface area contributed by atoms with Crippen molar-refractivity contribution in [1.82, 2.24) is 20.5 Å². The van der Waals surface area contributed by atoms with Gasteiger partial charge in [0.05, 0.1) is 36.2 Å². The number of anilines is 1. The predicted molar refractivity (Wildman–Crippen MR) is 139 cm³/mol. The Labute approximate surface area is 210 Å². The van der Waals surface area contributed by atoms with Gasteiger partial charge in [-0.15, -0.1) is 0 Å². The van der Waals surface area contributed by atoms with Crippen molar-refractivity contribution >= 4 is 5.82 Å². The van der Waals surface area contributed by atoms with Gasteiger partial charge in [0, 0.05) is 24.8 Å². The van der Waals surface area contributed by atoms with Gasteiger partial charge in [0.1, 0.15) is 24.3 Å². The minimum atomic E-state index is 0.0862. The van der Waals surface area contributed by atoms with Crippen molar-refractivity contribution in [3.8, 4) is 34.2 Å². The van der Waals surface area contributed by atoms with E-state index in [0.717, 1.165) is 64.9 Å². The highest BCUT2D eigenvalue weighted by Gasteiger charge is 2.14. The zero-order chi connectivity index (χ0) is 24.7. The fraction of sp³-hybridized carbons (Fsp3) is 0.250. The number of H-pyrrole nitrogens is 1. The molecule has 1 atom stereocenters. The molecule has 8 heteroatoms. The maximum Gasteiger partial charge on any atom is 0.126 e. The Hall–Kier alpha value is -4.19. The maximum atomic E-state index is 9.11. The molecule has 1 fully saturated rings. The molecule has 3 N–H and O–H groups in total. The molecule has 0 saturated carbocycles. The first-order valence-electron chi connectivity index (χ1n) is 12.0. The first kappa shape index (κ1) is 23.5. The number of rotatable bonds is 8. The molecule has 0 bridgehead atoms. The number of benzene rings is 2. The molecule has 3 heterocycles. The zero-order valence-corrected chi connectivity index (χ0v) is 20.1. The molecule has 4 aromatic rings. The molecule has 0 aliphatic carbocycles. The summed E-state index contributed by atoms with van der Waals surface area (Å²) in [5, 5.41) is 23.3. The largest absolute Gasteiger partial charge is 0.491 e. The van der Waals surface area contributed by atoms with Crippen LogP contribution in [-0.4, -0.2) is 47.6 Å². The van der Waals surface area contributed by atoms with Crippen LogP contribution in [0.15, 0.2) is 66.9 Å². The molecule has 0 spiro atoms. The topological polar surface area (TPSA) is 108 Å². The predicted octanol–water partition coefficient (Wildman–Crippen LogP) is 4.30. The van der Waals surface area contributed by atoms with E-state index in [1.165, 1.54) is 0 Å². The van der Waals surface area contributed by atoms with Gasteiger partial charge in [-0.2, -0.15) is 10.4 Å². The lowest BCUT2D eigenvalue weighted by atomic mass is 9.99. The summed E-state index contributed by atoms with van der Waals surface area (Å²) in [5.74, 6) is 1.58. The van der Waals surface area contributed by atoms with E-state index in [9.17, 15) is 0 Å². The second-order valence-corrected chi connectivity index (χ2v) is 8.74. The number of ether oxygens (including phenoxy) is 2. The highest BCUT2D eigenvalue weighted by atomic mass is 16.5. The zero-order valence-electron chi connectivity index (χ0n) is 20.1.